The van der Waals surface area contributed by atoms with Gasteiger partial charge in [-0.3, -0.25) is 4.79 Å². The maximum absolute atomic E-state index is 12.9. The van der Waals surface area contributed by atoms with E-state index in [2.05, 4.69) is 15.6 Å². The third kappa shape index (κ3) is 4.73. The van der Waals surface area contributed by atoms with Gasteiger partial charge in [0.1, 0.15) is 17.6 Å². The summed E-state index contributed by atoms with van der Waals surface area (Å²) >= 11 is 0. The Balaban J connectivity index is 1.85. The van der Waals surface area contributed by atoms with Crippen LogP contribution in [0.25, 0.3) is 0 Å². The van der Waals surface area contributed by atoms with Gasteiger partial charge in [0.2, 0.25) is 0 Å². The molecule has 0 aliphatic carbocycles. The van der Waals surface area contributed by atoms with Crippen LogP contribution in [-0.4, -0.2) is 28.6 Å². The molecule has 1 unspecified atom stereocenters. The van der Waals surface area contributed by atoms with Gasteiger partial charge >= 0.3 is 6.03 Å². The zero-order chi connectivity index (χ0) is 20.8. The summed E-state index contributed by atoms with van der Waals surface area (Å²) in [6.07, 6.45) is 3.51. The molecule has 0 bridgehead atoms. The molecule has 0 spiro atoms. The van der Waals surface area contributed by atoms with E-state index in [0.717, 1.165) is 11.1 Å². The van der Waals surface area contributed by atoms with Crippen molar-refractivity contribution in [2.45, 2.75) is 12.6 Å². The Morgan fingerprint density at radius 3 is 2.52 bits per heavy atom. The Labute approximate surface area is 168 Å². The van der Waals surface area contributed by atoms with E-state index < -0.39 is 12.1 Å². The number of primary amides is 1. The number of rotatable bonds is 7. The molecule has 8 nitrogen and oxygen atoms in total. The first-order valence-electron chi connectivity index (χ1n) is 9.03. The molecule has 0 fully saturated rings. The van der Waals surface area contributed by atoms with E-state index >= 15 is 0 Å². The molecule has 0 aliphatic rings. The van der Waals surface area contributed by atoms with Crippen molar-refractivity contribution >= 4 is 11.9 Å². The number of benzene rings is 2. The lowest BCUT2D eigenvalue weighted by Crippen LogP contribution is -2.31. The van der Waals surface area contributed by atoms with Crippen molar-refractivity contribution in [1.29, 1.82) is 0 Å². The summed E-state index contributed by atoms with van der Waals surface area (Å²) in [7, 11) is 3.46. The summed E-state index contributed by atoms with van der Waals surface area (Å²) in [4.78, 5) is 28.2. The zero-order valence-corrected chi connectivity index (χ0v) is 16.3. The van der Waals surface area contributed by atoms with E-state index in [-0.39, 0.29) is 5.91 Å². The van der Waals surface area contributed by atoms with E-state index in [9.17, 15) is 9.59 Å². The van der Waals surface area contributed by atoms with Crippen LogP contribution in [0.3, 0.4) is 0 Å². The maximum Gasteiger partial charge on any atom is 0.312 e. The van der Waals surface area contributed by atoms with E-state index in [1.165, 1.54) is 0 Å². The number of aryl methyl sites for hydroxylation is 1. The predicted octanol–water partition coefficient (Wildman–Crippen LogP) is 2.12. The molecule has 1 aromatic heterocycles. The number of aromatic nitrogens is 2. The van der Waals surface area contributed by atoms with Gasteiger partial charge < -0.3 is 25.7 Å². The van der Waals surface area contributed by atoms with Crippen molar-refractivity contribution < 1.29 is 14.3 Å². The SMILES string of the molecule is COc1ccccc1C(NC(=O)c1ccc(CNC(N)=O)cc1)c1nccn1C. The number of nitrogens with two attached hydrogens (primary N) is 1. The Morgan fingerprint density at radius 1 is 1.17 bits per heavy atom. The van der Waals surface area contributed by atoms with Crippen molar-refractivity contribution in [3.05, 3.63) is 83.4 Å². The largest absolute Gasteiger partial charge is 0.496 e. The minimum atomic E-state index is -0.596. The Kier molecular flexibility index (Phi) is 6.13. The third-order valence-corrected chi connectivity index (χ3v) is 4.52. The highest BCUT2D eigenvalue weighted by Crippen LogP contribution is 2.29. The van der Waals surface area contributed by atoms with Crippen LogP contribution < -0.4 is 21.1 Å². The molecule has 0 saturated carbocycles. The Bertz CT molecular complexity index is 998. The number of imidazole rings is 1. The summed E-state index contributed by atoms with van der Waals surface area (Å²) in [6.45, 7) is 0.300. The van der Waals surface area contributed by atoms with E-state index in [4.69, 9.17) is 10.5 Å². The number of ether oxygens (including phenoxy) is 1. The van der Waals surface area contributed by atoms with E-state index in [1.54, 1.807) is 37.6 Å². The summed E-state index contributed by atoms with van der Waals surface area (Å²) in [5.41, 5.74) is 7.21. The van der Waals surface area contributed by atoms with Crippen molar-refractivity contribution in [2.24, 2.45) is 12.8 Å². The van der Waals surface area contributed by atoms with Crippen LogP contribution in [0.5, 0.6) is 5.75 Å². The molecule has 3 aromatic rings. The highest BCUT2D eigenvalue weighted by atomic mass is 16.5. The molecule has 3 amide bonds. The van der Waals surface area contributed by atoms with Crippen LogP contribution in [0.15, 0.2) is 60.9 Å². The summed E-state index contributed by atoms with van der Waals surface area (Å²) < 4.78 is 7.34. The second-order valence-electron chi connectivity index (χ2n) is 6.46. The number of methoxy groups -OCH3 is 1. The number of nitrogens with one attached hydrogen (secondary N) is 2. The van der Waals surface area contributed by atoms with Gasteiger partial charge in [-0.2, -0.15) is 0 Å². The number of urea groups is 1. The highest BCUT2D eigenvalue weighted by Gasteiger charge is 2.24. The zero-order valence-electron chi connectivity index (χ0n) is 16.3. The molecule has 2 aromatic carbocycles. The van der Waals surface area contributed by atoms with Gasteiger partial charge in [-0.1, -0.05) is 30.3 Å². The average molecular weight is 393 g/mol. The molecular weight excluding hydrogens is 370 g/mol. The van der Waals surface area contributed by atoms with Gasteiger partial charge in [0.25, 0.3) is 5.91 Å². The van der Waals surface area contributed by atoms with Crippen molar-refractivity contribution in [1.82, 2.24) is 20.2 Å². The van der Waals surface area contributed by atoms with Crippen LogP contribution in [0, 0.1) is 0 Å². The normalized spacial score (nSPS) is 11.5. The van der Waals surface area contributed by atoms with Crippen LogP contribution in [-0.2, 0) is 13.6 Å². The van der Waals surface area contributed by atoms with Crippen LogP contribution in [0.2, 0.25) is 0 Å². The summed E-state index contributed by atoms with van der Waals surface area (Å²) in [5.74, 6) is 1.09. The smallest absolute Gasteiger partial charge is 0.312 e. The quantitative estimate of drug-likeness (QED) is 0.571. The van der Waals surface area contributed by atoms with E-state index in [1.807, 2.05) is 42.1 Å². The standard InChI is InChI=1S/C21H23N5O3/c1-26-12-11-23-19(26)18(16-5-3-4-6-17(16)29-2)25-20(27)15-9-7-14(8-10-15)13-24-21(22)28/h3-12,18H,13H2,1-2H3,(H,25,27)(H3,22,24,28). The number of hydrogen-bond donors (Lipinski definition) is 3. The monoisotopic (exact) mass is 393 g/mol. The Morgan fingerprint density at radius 2 is 1.90 bits per heavy atom. The number of amides is 3. The fourth-order valence-electron chi connectivity index (χ4n) is 3.02. The predicted molar refractivity (Wildman–Crippen MR) is 108 cm³/mol. The van der Waals surface area contributed by atoms with Crippen molar-refractivity contribution in [3.8, 4) is 5.75 Å². The number of nitrogens with zero attached hydrogens (tertiary/aromatic N) is 2. The lowest BCUT2D eigenvalue weighted by atomic mass is 10.0. The average Bonchev–Trinajstić information content (AvgIpc) is 3.16. The molecule has 8 heteroatoms. The molecule has 1 atom stereocenters. The first kappa shape index (κ1) is 19.9. The van der Waals surface area contributed by atoms with Crippen LogP contribution in [0.4, 0.5) is 4.79 Å². The number of carbonyl (C=O) groups is 2. The van der Waals surface area contributed by atoms with Crippen molar-refractivity contribution in [2.75, 3.05) is 7.11 Å². The van der Waals surface area contributed by atoms with E-state index in [0.29, 0.717) is 23.7 Å². The topological polar surface area (TPSA) is 111 Å². The fourth-order valence-corrected chi connectivity index (χ4v) is 3.02. The lowest BCUT2D eigenvalue weighted by molar-refractivity contribution is 0.0940. The fraction of sp³-hybridized carbons (Fsp3) is 0.190. The summed E-state index contributed by atoms with van der Waals surface area (Å²) in [6, 6.07) is 13.4. The van der Waals surface area contributed by atoms with Gasteiger partial charge in [0.05, 0.1) is 7.11 Å². The first-order valence-corrected chi connectivity index (χ1v) is 9.03. The van der Waals surface area contributed by atoms with Crippen LogP contribution >= 0.6 is 0 Å². The second-order valence-corrected chi connectivity index (χ2v) is 6.46. The second kappa shape index (κ2) is 8.92. The molecule has 3 rings (SSSR count). The van der Waals surface area contributed by atoms with Crippen molar-refractivity contribution in [3.63, 3.8) is 0 Å². The minimum Gasteiger partial charge on any atom is -0.496 e. The molecule has 0 saturated heterocycles. The molecule has 0 radical (unpaired) electrons. The van der Waals surface area contributed by atoms with Gasteiger partial charge in [-0.05, 0) is 23.8 Å². The Hall–Kier alpha value is -3.81. The minimum absolute atomic E-state index is 0.252. The number of carbonyl (C=O) groups excluding carboxylic acids is 2. The number of hydrogen-bond acceptors (Lipinski definition) is 4. The van der Waals surface area contributed by atoms with Gasteiger partial charge in [0.15, 0.2) is 0 Å². The maximum atomic E-state index is 12.9. The molecule has 150 valence electrons. The van der Waals surface area contributed by atoms with Gasteiger partial charge in [0, 0.05) is 37.1 Å². The molecule has 0 aliphatic heterocycles. The van der Waals surface area contributed by atoms with Crippen LogP contribution in [0.1, 0.15) is 33.4 Å². The third-order valence-electron chi connectivity index (χ3n) is 4.52. The summed E-state index contributed by atoms with van der Waals surface area (Å²) in [5, 5.41) is 5.56. The molecule has 29 heavy (non-hydrogen) atoms. The number of para-hydroxylation sites is 1. The van der Waals surface area contributed by atoms with Gasteiger partial charge in [-0.25, -0.2) is 9.78 Å². The molecule has 4 N–H and O–H groups in total. The van der Waals surface area contributed by atoms with Gasteiger partial charge in [-0.15, -0.1) is 0 Å². The lowest BCUT2D eigenvalue weighted by Gasteiger charge is -2.21. The highest BCUT2D eigenvalue weighted by molar-refractivity contribution is 5.94. The molecule has 1 heterocycles. The molecular formula is C21H23N5O3. The first-order chi connectivity index (χ1) is 14.0.